The van der Waals surface area contributed by atoms with Crippen LogP contribution in [0.5, 0.6) is 5.75 Å². The molecule has 2 aromatic carbocycles. The fraction of sp³-hybridized carbons (Fsp3) is 0.0435. The minimum atomic E-state index is -0.602. The molecule has 2 heterocycles. The summed E-state index contributed by atoms with van der Waals surface area (Å²) >= 11 is 1.53. The van der Waals surface area contributed by atoms with Crippen LogP contribution < -0.4 is 11.2 Å². The molecule has 4 aromatic rings. The van der Waals surface area contributed by atoms with Crippen LogP contribution in [0.15, 0.2) is 71.4 Å². The second-order valence-electron chi connectivity index (χ2n) is 6.94. The number of amides is 2. The third-order valence-corrected chi connectivity index (χ3v) is 5.67. The van der Waals surface area contributed by atoms with Crippen LogP contribution in [0.2, 0.25) is 0 Å². The number of phenolic OH excluding ortho intramolecular Hbond substituents is 1. The van der Waals surface area contributed by atoms with Gasteiger partial charge < -0.3 is 15.4 Å². The number of carbonyl (C=O) groups excluding carboxylic acids is 2. The van der Waals surface area contributed by atoms with E-state index in [4.69, 9.17) is 10.9 Å². The molecule has 0 spiro atoms. The van der Waals surface area contributed by atoms with Crippen molar-refractivity contribution in [3.8, 4) is 28.1 Å². The summed E-state index contributed by atoms with van der Waals surface area (Å²) in [4.78, 5) is 24.1. The van der Waals surface area contributed by atoms with E-state index in [1.54, 1.807) is 54.0 Å². The van der Waals surface area contributed by atoms with Gasteiger partial charge in [0.1, 0.15) is 11.4 Å². The first kappa shape index (κ1) is 20.4. The SMILES string of the molecule is NC(=O)c1c(-c2ccsc2)cc(-c2ccc(O)cc2)n1Cc1ccc(C(=O)NO)cc1. The van der Waals surface area contributed by atoms with E-state index < -0.39 is 11.8 Å². The molecule has 2 aromatic heterocycles. The number of phenols is 1. The van der Waals surface area contributed by atoms with Crippen molar-refractivity contribution in [1.82, 2.24) is 10.0 Å². The molecule has 0 bridgehead atoms. The van der Waals surface area contributed by atoms with Gasteiger partial charge in [-0.2, -0.15) is 11.3 Å². The van der Waals surface area contributed by atoms with Crippen LogP contribution in [0.1, 0.15) is 26.4 Å². The molecule has 4 rings (SSSR count). The van der Waals surface area contributed by atoms with Crippen LogP contribution in [0.4, 0.5) is 0 Å². The van der Waals surface area contributed by atoms with Crippen LogP contribution >= 0.6 is 11.3 Å². The minimum Gasteiger partial charge on any atom is -0.508 e. The summed E-state index contributed by atoms with van der Waals surface area (Å²) in [6.45, 7) is 0.333. The van der Waals surface area contributed by atoms with Crippen molar-refractivity contribution in [3.63, 3.8) is 0 Å². The number of nitrogens with two attached hydrogens (primary N) is 1. The lowest BCUT2D eigenvalue weighted by atomic mass is 10.1. The average molecular weight is 433 g/mol. The van der Waals surface area contributed by atoms with Crippen LogP contribution in [-0.4, -0.2) is 26.7 Å². The Balaban J connectivity index is 1.85. The Hall–Kier alpha value is -3.88. The Bertz CT molecular complexity index is 1230. The molecule has 8 heteroatoms. The molecule has 0 saturated heterocycles. The van der Waals surface area contributed by atoms with Crippen LogP contribution in [-0.2, 0) is 6.54 Å². The number of nitrogens with one attached hydrogen (secondary N) is 1. The first-order valence-electron chi connectivity index (χ1n) is 9.36. The number of hydroxylamine groups is 1. The summed E-state index contributed by atoms with van der Waals surface area (Å²) in [5.74, 6) is -1.01. The molecule has 0 fully saturated rings. The maximum absolute atomic E-state index is 12.5. The number of carbonyl (C=O) groups is 2. The second kappa shape index (κ2) is 8.47. The lowest BCUT2D eigenvalue weighted by Crippen LogP contribution is -2.19. The molecule has 2 amide bonds. The average Bonchev–Trinajstić information content (AvgIpc) is 3.42. The predicted octanol–water partition coefficient (Wildman–Crippen LogP) is 3.86. The first-order chi connectivity index (χ1) is 15.0. The number of aromatic nitrogens is 1. The molecular weight excluding hydrogens is 414 g/mol. The van der Waals surface area contributed by atoms with Gasteiger partial charge in [0.25, 0.3) is 11.8 Å². The van der Waals surface area contributed by atoms with E-state index in [1.807, 2.05) is 27.5 Å². The summed E-state index contributed by atoms with van der Waals surface area (Å²) < 4.78 is 1.84. The van der Waals surface area contributed by atoms with Gasteiger partial charge in [0.2, 0.25) is 0 Å². The van der Waals surface area contributed by atoms with Crippen molar-refractivity contribution in [2.24, 2.45) is 5.73 Å². The van der Waals surface area contributed by atoms with E-state index >= 15 is 0 Å². The molecule has 0 aliphatic heterocycles. The monoisotopic (exact) mass is 433 g/mol. The summed E-state index contributed by atoms with van der Waals surface area (Å²) in [6, 6.07) is 17.3. The zero-order chi connectivity index (χ0) is 22.0. The molecule has 0 radical (unpaired) electrons. The maximum Gasteiger partial charge on any atom is 0.274 e. The smallest absolute Gasteiger partial charge is 0.274 e. The number of primary amides is 1. The lowest BCUT2D eigenvalue weighted by Gasteiger charge is -2.13. The Morgan fingerprint density at radius 3 is 2.29 bits per heavy atom. The topological polar surface area (TPSA) is 118 Å². The lowest BCUT2D eigenvalue weighted by molar-refractivity contribution is 0.0706. The molecule has 0 saturated carbocycles. The fourth-order valence-corrected chi connectivity index (χ4v) is 4.15. The molecule has 0 aliphatic carbocycles. The summed E-state index contributed by atoms with van der Waals surface area (Å²) in [6.07, 6.45) is 0. The van der Waals surface area contributed by atoms with Crippen LogP contribution in [0, 0.1) is 0 Å². The van der Waals surface area contributed by atoms with Gasteiger partial charge in [-0.05, 0) is 76.0 Å². The van der Waals surface area contributed by atoms with Crippen molar-refractivity contribution in [3.05, 3.63) is 88.2 Å². The zero-order valence-corrected chi connectivity index (χ0v) is 17.1. The highest BCUT2D eigenvalue weighted by Crippen LogP contribution is 2.35. The van der Waals surface area contributed by atoms with Crippen molar-refractivity contribution in [2.75, 3.05) is 0 Å². The first-order valence-corrected chi connectivity index (χ1v) is 10.3. The number of rotatable bonds is 6. The largest absolute Gasteiger partial charge is 0.508 e. The van der Waals surface area contributed by atoms with Gasteiger partial charge in [-0.15, -0.1) is 0 Å². The van der Waals surface area contributed by atoms with Gasteiger partial charge >= 0.3 is 0 Å². The number of hydrogen-bond donors (Lipinski definition) is 4. The Labute approximate surface area is 182 Å². The third kappa shape index (κ3) is 4.07. The van der Waals surface area contributed by atoms with E-state index in [9.17, 15) is 14.7 Å². The number of thiophene rings is 1. The molecular formula is C23H19N3O4S. The second-order valence-corrected chi connectivity index (χ2v) is 7.72. The van der Waals surface area contributed by atoms with Gasteiger partial charge in [0.05, 0.1) is 0 Å². The van der Waals surface area contributed by atoms with E-state index in [0.717, 1.165) is 27.9 Å². The number of hydrogen-bond acceptors (Lipinski definition) is 5. The molecule has 0 atom stereocenters. The molecule has 0 aliphatic rings. The standard InChI is InChI=1S/C23H19N3O4S/c24-22(28)21-19(17-9-10-31-13-17)11-20(15-5-7-18(27)8-6-15)26(21)12-14-1-3-16(4-2-14)23(29)25-30/h1-11,13,27,30H,12H2,(H2,24,28)(H,25,29). The maximum atomic E-state index is 12.5. The van der Waals surface area contributed by atoms with Gasteiger partial charge in [0.15, 0.2) is 0 Å². The Morgan fingerprint density at radius 2 is 1.71 bits per heavy atom. The Morgan fingerprint density at radius 1 is 1.00 bits per heavy atom. The van der Waals surface area contributed by atoms with Gasteiger partial charge in [-0.3, -0.25) is 14.8 Å². The molecule has 5 N–H and O–H groups in total. The molecule has 0 unspecified atom stereocenters. The molecule has 7 nitrogen and oxygen atoms in total. The summed E-state index contributed by atoms with van der Waals surface area (Å²) in [7, 11) is 0. The highest BCUT2D eigenvalue weighted by Gasteiger charge is 2.22. The predicted molar refractivity (Wildman–Crippen MR) is 118 cm³/mol. The normalized spacial score (nSPS) is 10.7. The van der Waals surface area contributed by atoms with Gasteiger partial charge in [0, 0.05) is 23.4 Å². The van der Waals surface area contributed by atoms with Crippen molar-refractivity contribution < 1.29 is 19.9 Å². The van der Waals surface area contributed by atoms with E-state index in [0.29, 0.717) is 17.8 Å². The Kier molecular flexibility index (Phi) is 5.57. The van der Waals surface area contributed by atoms with E-state index in [2.05, 4.69) is 0 Å². The molecule has 156 valence electrons. The number of nitrogens with zero attached hydrogens (tertiary/aromatic N) is 1. The van der Waals surface area contributed by atoms with Crippen molar-refractivity contribution in [1.29, 1.82) is 0 Å². The molecule has 31 heavy (non-hydrogen) atoms. The zero-order valence-electron chi connectivity index (χ0n) is 16.3. The quantitative estimate of drug-likeness (QED) is 0.273. The summed E-state index contributed by atoms with van der Waals surface area (Å²) in [5, 5.41) is 22.3. The van der Waals surface area contributed by atoms with Crippen molar-refractivity contribution in [2.45, 2.75) is 6.54 Å². The van der Waals surface area contributed by atoms with Crippen LogP contribution in [0.3, 0.4) is 0 Å². The highest BCUT2D eigenvalue weighted by atomic mass is 32.1. The third-order valence-electron chi connectivity index (χ3n) is 4.98. The van der Waals surface area contributed by atoms with Gasteiger partial charge in [-0.25, -0.2) is 5.48 Å². The highest BCUT2D eigenvalue weighted by molar-refractivity contribution is 7.08. The fourth-order valence-electron chi connectivity index (χ4n) is 3.50. The number of benzene rings is 2. The van der Waals surface area contributed by atoms with Crippen LogP contribution in [0.25, 0.3) is 22.4 Å². The minimum absolute atomic E-state index is 0.146. The van der Waals surface area contributed by atoms with Gasteiger partial charge in [-0.1, -0.05) is 12.1 Å². The van der Waals surface area contributed by atoms with E-state index in [1.165, 1.54) is 11.3 Å². The summed E-state index contributed by atoms with van der Waals surface area (Å²) in [5.41, 5.74) is 12.1. The van der Waals surface area contributed by atoms with E-state index in [-0.39, 0.29) is 5.75 Å². The van der Waals surface area contributed by atoms with Crippen molar-refractivity contribution >= 4 is 23.2 Å². The number of aromatic hydroxyl groups is 1.